The quantitative estimate of drug-likeness (QED) is 0.0997. The highest BCUT2D eigenvalue weighted by atomic mass is 32.1. The first-order valence-corrected chi connectivity index (χ1v) is 13.7. The van der Waals surface area contributed by atoms with Crippen LogP contribution in [0.4, 0.5) is 9.52 Å². The fourth-order valence-electron chi connectivity index (χ4n) is 2.76. The first-order valence-electron chi connectivity index (χ1n) is 12.9. The monoisotopic (exact) mass is 572 g/mol. The van der Waals surface area contributed by atoms with Crippen molar-refractivity contribution in [2.24, 2.45) is 0 Å². The van der Waals surface area contributed by atoms with Crippen molar-refractivity contribution in [3.8, 4) is 5.19 Å². The van der Waals surface area contributed by atoms with E-state index in [4.69, 9.17) is 9.47 Å². The van der Waals surface area contributed by atoms with Crippen molar-refractivity contribution in [3.63, 3.8) is 0 Å². The van der Waals surface area contributed by atoms with Crippen LogP contribution in [-0.4, -0.2) is 56.2 Å². The number of hydrogen-bond donors (Lipinski definition) is 1. The average molecular weight is 573 g/mol. The Morgan fingerprint density at radius 2 is 1.85 bits per heavy atom. The minimum Gasteiger partial charge on any atom is -0.494 e. The molecule has 0 aliphatic heterocycles. The maximum absolute atomic E-state index is 14.7. The number of nitrogens with one attached hydrogen (secondary N) is 1. The van der Waals surface area contributed by atoms with Gasteiger partial charge in [-0.25, -0.2) is 4.39 Å². The molecule has 1 heterocycles. The van der Waals surface area contributed by atoms with Gasteiger partial charge in [0, 0.05) is 32.3 Å². The van der Waals surface area contributed by atoms with E-state index in [-0.39, 0.29) is 16.9 Å². The van der Waals surface area contributed by atoms with E-state index >= 15 is 0 Å². The summed E-state index contributed by atoms with van der Waals surface area (Å²) >= 11 is 1.40. The molecule has 1 aromatic heterocycles. The number of carbonyl (C=O) groups is 1. The Morgan fingerprint density at radius 3 is 2.33 bits per heavy atom. The molecule has 0 spiro atoms. The highest BCUT2D eigenvalue weighted by molar-refractivity contribution is 7.16. The fourth-order valence-corrected chi connectivity index (χ4v) is 3.31. The Kier molecular flexibility index (Phi) is 19.2. The number of halogens is 1. The molecule has 1 aromatic rings. The van der Waals surface area contributed by atoms with Gasteiger partial charge in [0.25, 0.3) is 5.19 Å². The van der Waals surface area contributed by atoms with Gasteiger partial charge in [-0.3, -0.25) is 4.79 Å². The molecule has 0 saturated carbocycles. The third-order valence-corrected chi connectivity index (χ3v) is 5.72. The lowest BCUT2D eigenvalue weighted by Gasteiger charge is -2.08. The number of anilines is 1. The highest BCUT2D eigenvalue weighted by Gasteiger charge is 2.13. The second-order valence-corrected chi connectivity index (χ2v) is 10.0. The first kappa shape index (κ1) is 36.3. The number of allylic oxidation sites excluding steroid dienone is 11. The number of nitrogens with zero attached hydrogens (tertiary/aromatic N) is 3. The lowest BCUT2D eigenvalue weighted by atomic mass is 10.0. The molecule has 7 nitrogen and oxygen atoms in total. The number of carbonyl (C=O) groups excluding carboxylic acids is 1. The van der Waals surface area contributed by atoms with Crippen LogP contribution in [-0.2, 0) is 9.53 Å². The van der Waals surface area contributed by atoms with E-state index in [1.165, 1.54) is 36.2 Å². The van der Waals surface area contributed by atoms with Crippen molar-refractivity contribution < 1.29 is 18.7 Å². The molecule has 0 amide bonds. The summed E-state index contributed by atoms with van der Waals surface area (Å²) in [5.41, 5.74) is 3.76. The van der Waals surface area contributed by atoms with E-state index in [9.17, 15) is 9.18 Å². The van der Waals surface area contributed by atoms with Crippen molar-refractivity contribution in [1.29, 1.82) is 0 Å². The number of hydrogen-bond acceptors (Lipinski definition) is 8. The molecule has 9 heteroatoms. The molecule has 0 atom stereocenters. The Labute approximate surface area is 243 Å². The van der Waals surface area contributed by atoms with Crippen molar-refractivity contribution >= 4 is 22.8 Å². The summed E-state index contributed by atoms with van der Waals surface area (Å²) in [6.07, 6.45) is 16.2. The van der Waals surface area contributed by atoms with Crippen LogP contribution >= 0.6 is 11.3 Å². The van der Waals surface area contributed by atoms with Crippen LogP contribution in [0.15, 0.2) is 94.8 Å². The Hall–Kier alpha value is -3.72. The van der Waals surface area contributed by atoms with Crippen molar-refractivity contribution in [2.45, 2.75) is 47.5 Å². The van der Waals surface area contributed by atoms with Crippen LogP contribution in [0.5, 0.6) is 5.19 Å². The Balaban J connectivity index is 0.000000774. The average Bonchev–Trinajstić information content (AvgIpc) is 3.38. The molecule has 0 bridgehead atoms. The third-order valence-electron chi connectivity index (χ3n) is 4.87. The molecule has 0 aliphatic carbocycles. The van der Waals surface area contributed by atoms with Gasteiger partial charge in [-0.15, -0.1) is 5.10 Å². The third kappa shape index (κ3) is 15.0. The number of aromatic nitrogens is 2. The predicted molar refractivity (Wildman–Crippen MR) is 167 cm³/mol. The summed E-state index contributed by atoms with van der Waals surface area (Å²) in [4.78, 5) is 13.3. The number of rotatable bonds is 15. The zero-order chi connectivity index (χ0) is 30.5. The van der Waals surface area contributed by atoms with E-state index in [0.717, 1.165) is 29.1 Å². The van der Waals surface area contributed by atoms with Gasteiger partial charge in [-0.1, -0.05) is 66.5 Å². The summed E-state index contributed by atoms with van der Waals surface area (Å²) in [6, 6.07) is 0. The van der Waals surface area contributed by atoms with Gasteiger partial charge in [0.1, 0.15) is 6.61 Å². The summed E-state index contributed by atoms with van der Waals surface area (Å²) < 4.78 is 25.4. The molecule has 40 heavy (non-hydrogen) atoms. The topological polar surface area (TPSA) is 76.6 Å². The second kappa shape index (κ2) is 21.1. The van der Waals surface area contributed by atoms with Crippen molar-refractivity contribution in [3.05, 3.63) is 94.8 Å². The standard InChI is InChI=1S/C19H25FO2.C12H20N4OS/c1-6-8-10-11-16(14-21)17(13-15(3)4)19(20)18(22-5)12-9-7-2;1-9(2)10(6-7-16(4)5)8-17-12-15-14-11(13-3)18-12/h7,9-14H,2,6,8H2,1,3-5H3;6-7H,8H2,1-5H3,(H,13,14)/b11-10+,12-9-,17-16-,19-18+;7-6-. The minimum absolute atomic E-state index is 0.0515. The molecule has 220 valence electrons. The zero-order valence-electron chi connectivity index (χ0n) is 25.4. The normalized spacial score (nSPS) is 12.2. The lowest BCUT2D eigenvalue weighted by molar-refractivity contribution is -0.104. The van der Waals surface area contributed by atoms with Gasteiger partial charge >= 0.3 is 0 Å². The first-order chi connectivity index (χ1) is 19.0. The molecule has 0 radical (unpaired) electrons. The number of unbranched alkanes of at least 4 members (excludes halogenated alkanes) is 1. The SMILES string of the molecule is C=C\C=C/C(OC)=C(F)/C(C=C(C)C)=C(C=O)/C=C/CCC.CNc1nnc(OCC(/C=C\N(C)C)=C(C)C)s1. The second-order valence-electron chi connectivity index (χ2n) is 9.09. The molecule has 1 N–H and O–H groups in total. The van der Waals surface area contributed by atoms with Crippen LogP contribution in [0.1, 0.15) is 47.5 Å². The summed E-state index contributed by atoms with van der Waals surface area (Å²) in [5, 5.41) is 12.1. The van der Waals surface area contributed by atoms with Gasteiger partial charge in [0.2, 0.25) is 5.13 Å². The van der Waals surface area contributed by atoms with Crippen LogP contribution in [0.2, 0.25) is 0 Å². The van der Waals surface area contributed by atoms with Gasteiger partial charge in [-0.05, 0) is 69.4 Å². The highest BCUT2D eigenvalue weighted by Crippen LogP contribution is 2.25. The van der Waals surface area contributed by atoms with Crippen molar-refractivity contribution in [1.82, 2.24) is 15.1 Å². The predicted octanol–water partition coefficient (Wildman–Crippen LogP) is 7.74. The molecular weight excluding hydrogens is 527 g/mol. The maximum Gasteiger partial charge on any atom is 0.296 e. The molecule has 0 fully saturated rings. The Morgan fingerprint density at radius 1 is 1.15 bits per heavy atom. The van der Waals surface area contributed by atoms with Gasteiger partial charge in [0.05, 0.1) is 7.11 Å². The van der Waals surface area contributed by atoms with Crippen LogP contribution < -0.4 is 10.1 Å². The fraction of sp³-hybridized carbons (Fsp3) is 0.387. The van der Waals surface area contributed by atoms with Crippen LogP contribution in [0, 0.1) is 0 Å². The van der Waals surface area contributed by atoms with E-state index < -0.39 is 5.83 Å². The van der Waals surface area contributed by atoms with Gasteiger partial charge in [0.15, 0.2) is 17.9 Å². The maximum atomic E-state index is 14.7. The smallest absolute Gasteiger partial charge is 0.296 e. The van der Waals surface area contributed by atoms with Crippen LogP contribution in [0.3, 0.4) is 0 Å². The zero-order valence-corrected chi connectivity index (χ0v) is 26.2. The Bertz CT molecular complexity index is 1150. The van der Waals surface area contributed by atoms with E-state index in [0.29, 0.717) is 18.1 Å². The van der Waals surface area contributed by atoms with E-state index in [1.807, 2.05) is 59.1 Å². The summed E-state index contributed by atoms with van der Waals surface area (Å²) in [6.45, 7) is 13.9. The molecule has 0 unspecified atom stereocenters. The molecule has 0 aliphatic rings. The summed E-state index contributed by atoms with van der Waals surface area (Å²) in [5.74, 6) is -0.527. The summed E-state index contributed by atoms with van der Waals surface area (Å²) in [7, 11) is 7.18. The lowest BCUT2D eigenvalue weighted by Crippen LogP contribution is -2.04. The molecule has 0 aromatic carbocycles. The van der Waals surface area contributed by atoms with Gasteiger partial charge < -0.3 is 19.7 Å². The minimum atomic E-state index is -0.579. The number of aldehydes is 1. The molecule has 0 saturated heterocycles. The molecular formula is C31H45FN4O3S. The largest absolute Gasteiger partial charge is 0.494 e. The van der Waals surface area contributed by atoms with E-state index in [1.54, 1.807) is 18.2 Å². The van der Waals surface area contributed by atoms with Crippen molar-refractivity contribution in [2.75, 3.05) is 40.2 Å². The molecule has 1 rings (SSSR count). The number of ether oxygens (including phenoxy) is 2. The van der Waals surface area contributed by atoms with E-state index in [2.05, 4.69) is 42.0 Å². The number of methoxy groups -OCH3 is 1. The van der Waals surface area contributed by atoms with Crippen LogP contribution in [0.25, 0.3) is 0 Å². The van der Waals surface area contributed by atoms with Gasteiger partial charge in [-0.2, -0.15) is 0 Å².